The van der Waals surface area contributed by atoms with Crippen molar-refractivity contribution in [1.29, 1.82) is 0 Å². The number of fused-ring (bicyclic) bond motifs is 1. The van der Waals surface area contributed by atoms with Gasteiger partial charge in [0, 0.05) is 17.5 Å². The van der Waals surface area contributed by atoms with Crippen molar-refractivity contribution in [2.24, 2.45) is 0 Å². The smallest absolute Gasteiger partial charge is 0.336 e. The third-order valence-electron chi connectivity index (χ3n) is 4.02. The molecule has 2 heterocycles. The number of aliphatic hydroxyl groups is 4. The van der Waals surface area contributed by atoms with Crippen LogP contribution in [0.4, 0.5) is 0 Å². The lowest BCUT2D eigenvalue weighted by Crippen LogP contribution is -2.60. The molecule has 1 aliphatic heterocycles. The molecule has 1 fully saturated rings. The van der Waals surface area contributed by atoms with Crippen molar-refractivity contribution in [1.82, 2.24) is 0 Å². The molecule has 4 N–H and O–H groups in total. The molecule has 1 aromatic heterocycles. The number of rotatable bonds is 3. The fourth-order valence-corrected chi connectivity index (χ4v) is 2.68. The SMILES string of the molecule is Cc1cc(=O)oc2cc(O[C@@H]3O[C@H](CO)[C@H](O)[C@H](O)[C@H]3O)ccc12. The molecule has 0 aliphatic carbocycles. The van der Waals surface area contributed by atoms with E-state index in [2.05, 4.69) is 0 Å². The zero-order chi connectivity index (χ0) is 17.4. The van der Waals surface area contributed by atoms with Crippen LogP contribution in [0.15, 0.2) is 33.5 Å². The van der Waals surface area contributed by atoms with Crippen LogP contribution >= 0.6 is 0 Å². The standard InChI is InChI=1S/C16H18O8/c1-7-4-12(18)23-10-5-8(2-3-9(7)10)22-16-15(21)14(20)13(19)11(6-17)24-16/h2-5,11,13-17,19-21H,6H2,1H3/t11-,13+,14+,15-,16-/m1/s1. The first kappa shape index (κ1) is 16.9. The molecular formula is C16H18O8. The molecule has 1 saturated heterocycles. The molecule has 8 nitrogen and oxygen atoms in total. The van der Waals surface area contributed by atoms with Gasteiger partial charge in [-0.2, -0.15) is 0 Å². The van der Waals surface area contributed by atoms with E-state index in [4.69, 9.17) is 19.0 Å². The maximum atomic E-state index is 11.5. The summed E-state index contributed by atoms with van der Waals surface area (Å²) in [6, 6.07) is 6.12. The first-order chi connectivity index (χ1) is 11.4. The average molecular weight is 338 g/mol. The van der Waals surface area contributed by atoms with E-state index < -0.39 is 42.9 Å². The Bertz CT molecular complexity index is 783. The lowest BCUT2D eigenvalue weighted by molar-refractivity contribution is -0.277. The lowest BCUT2D eigenvalue weighted by Gasteiger charge is -2.39. The Morgan fingerprint density at radius 3 is 2.58 bits per heavy atom. The molecule has 2 aromatic rings. The Balaban J connectivity index is 1.87. The van der Waals surface area contributed by atoms with E-state index in [0.29, 0.717) is 5.58 Å². The van der Waals surface area contributed by atoms with E-state index in [-0.39, 0.29) is 5.75 Å². The second-order valence-electron chi connectivity index (χ2n) is 5.72. The van der Waals surface area contributed by atoms with E-state index >= 15 is 0 Å². The van der Waals surface area contributed by atoms with E-state index in [1.165, 1.54) is 12.1 Å². The van der Waals surface area contributed by atoms with E-state index in [0.717, 1.165) is 10.9 Å². The van der Waals surface area contributed by atoms with Gasteiger partial charge in [-0.3, -0.25) is 0 Å². The molecule has 0 unspecified atom stereocenters. The van der Waals surface area contributed by atoms with Gasteiger partial charge in [0.2, 0.25) is 6.29 Å². The quantitative estimate of drug-likeness (QED) is 0.540. The summed E-state index contributed by atoms with van der Waals surface area (Å²) in [5, 5.41) is 39.4. The van der Waals surface area contributed by atoms with Crippen LogP contribution in [-0.4, -0.2) is 57.7 Å². The Kier molecular flexibility index (Phi) is 4.57. The Hall–Kier alpha value is -1.97. The van der Waals surface area contributed by atoms with Crippen molar-refractivity contribution in [3.8, 4) is 5.75 Å². The number of ether oxygens (including phenoxy) is 2. The normalized spacial score (nSPS) is 30.5. The minimum Gasteiger partial charge on any atom is -0.462 e. The summed E-state index contributed by atoms with van der Waals surface area (Å²) in [5.74, 6) is 0.237. The molecule has 5 atom stereocenters. The van der Waals surface area contributed by atoms with Crippen LogP contribution in [0.5, 0.6) is 5.75 Å². The van der Waals surface area contributed by atoms with Gasteiger partial charge >= 0.3 is 5.63 Å². The second kappa shape index (κ2) is 6.50. The summed E-state index contributed by atoms with van der Waals surface area (Å²) in [4.78, 5) is 11.5. The summed E-state index contributed by atoms with van der Waals surface area (Å²) < 4.78 is 15.9. The molecule has 0 radical (unpaired) electrons. The molecule has 1 aromatic carbocycles. The minimum atomic E-state index is -1.53. The molecule has 1 aliphatic rings. The van der Waals surface area contributed by atoms with Crippen LogP contribution in [0.3, 0.4) is 0 Å². The Morgan fingerprint density at radius 1 is 1.12 bits per heavy atom. The lowest BCUT2D eigenvalue weighted by atomic mass is 9.99. The van der Waals surface area contributed by atoms with Crippen LogP contribution in [0.2, 0.25) is 0 Å². The van der Waals surface area contributed by atoms with E-state index in [1.807, 2.05) is 0 Å². The van der Waals surface area contributed by atoms with Crippen molar-refractivity contribution in [3.05, 3.63) is 40.2 Å². The van der Waals surface area contributed by atoms with Crippen LogP contribution < -0.4 is 10.4 Å². The van der Waals surface area contributed by atoms with Gasteiger partial charge in [0.15, 0.2) is 0 Å². The molecule has 130 valence electrons. The summed E-state index contributed by atoms with van der Waals surface area (Å²) in [6.45, 7) is 1.23. The maximum Gasteiger partial charge on any atom is 0.336 e. The fraction of sp³-hybridized carbons (Fsp3) is 0.438. The van der Waals surface area contributed by atoms with Gasteiger partial charge in [-0.05, 0) is 24.6 Å². The minimum absolute atomic E-state index is 0.237. The molecule has 0 saturated carbocycles. The number of aliphatic hydroxyl groups excluding tert-OH is 4. The molecule has 0 amide bonds. The van der Waals surface area contributed by atoms with Crippen molar-refractivity contribution in [2.45, 2.75) is 37.6 Å². The van der Waals surface area contributed by atoms with Crippen LogP contribution in [0, 0.1) is 6.92 Å². The summed E-state index contributed by atoms with van der Waals surface area (Å²) >= 11 is 0. The topological polar surface area (TPSA) is 130 Å². The third-order valence-corrected chi connectivity index (χ3v) is 4.02. The van der Waals surface area contributed by atoms with E-state index in [1.54, 1.807) is 19.1 Å². The van der Waals surface area contributed by atoms with Crippen molar-refractivity contribution >= 4 is 11.0 Å². The predicted octanol–water partition coefficient (Wildman–Crippen LogP) is -0.720. The highest BCUT2D eigenvalue weighted by Crippen LogP contribution is 2.27. The van der Waals surface area contributed by atoms with Crippen LogP contribution in [-0.2, 0) is 4.74 Å². The zero-order valence-corrected chi connectivity index (χ0v) is 12.8. The largest absolute Gasteiger partial charge is 0.462 e. The monoisotopic (exact) mass is 338 g/mol. The third kappa shape index (κ3) is 3.02. The molecule has 3 rings (SSSR count). The Labute approximate surface area is 136 Å². The summed E-state index contributed by atoms with van der Waals surface area (Å²) in [6.07, 6.45) is -6.85. The van der Waals surface area contributed by atoms with Crippen LogP contribution in [0.25, 0.3) is 11.0 Å². The summed E-state index contributed by atoms with van der Waals surface area (Å²) in [7, 11) is 0. The van der Waals surface area contributed by atoms with Gasteiger partial charge in [-0.15, -0.1) is 0 Å². The molecular weight excluding hydrogens is 320 g/mol. The number of hydrogen-bond acceptors (Lipinski definition) is 8. The predicted molar refractivity (Wildman–Crippen MR) is 81.6 cm³/mol. The zero-order valence-electron chi connectivity index (χ0n) is 12.8. The van der Waals surface area contributed by atoms with E-state index in [9.17, 15) is 20.1 Å². The van der Waals surface area contributed by atoms with Gasteiger partial charge in [0.25, 0.3) is 0 Å². The highest BCUT2D eigenvalue weighted by atomic mass is 16.7. The first-order valence-corrected chi connectivity index (χ1v) is 7.42. The second-order valence-corrected chi connectivity index (χ2v) is 5.72. The molecule has 0 spiro atoms. The van der Waals surface area contributed by atoms with Gasteiger partial charge < -0.3 is 34.3 Å². The van der Waals surface area contributed by atoms with Crippen molar-refractivity contribution in [2.75, 3.05) is 6.61 Å². The van der Waals surface area contributed by atoms with Crippen LogP contribution in [0.1, 0.15) is 5.56 Å². The van der Waals surface area contributed by atoms with Gasteiger partial charge in [-0.25, -0.2) is 4.79 Å². The maximum absolute atomic E-state index is 11.5. The summed E-state index contributed by atoms with van der Waals surface area (Å²) in [5.41, 5.74) is 0.563. The number of hydrogen-bond donors (Lipinski definition) is 4. The molecule has 8 heteroatoms. The van der Waals surface area contributed by atoms with Crippen molar-refractivity contribution < 1.29 is 34.3 Å². The number of benzene rings is 1. The fourth-order valence-electron chi connectivity index (χ4n) is 2.68. The van der Waals surface area contributed by atoms with Gasteiger partial charge in [-0.1, -0.05) is 0 Å². The molecule has 0 bridgehead atoms. The molecule has 24 heavy (non-hydrogen) atoms. The van der Waals surface area contributed by atoms with Crippen molar-refractivity contribution in [3.63, 3.8) is 0 Å². The highest BCUT2D eigenvalue weighted by molar-refractivity contribution is 5.81. The van der Waals surface area contributed by atoms with Gasteiger partial charge in [0.05, 0.1) is 6.61 Å². The number of aryl methyl sites for hydroxylation is 1. The highest BCUT2D eigenvalue weighted by Gasteiger charge is 2.44. The average Bonchev–Trinajstić information content (AvgIpc) is 2.55. The van der Waals surface area contributed by atoms with Gasteiger partial charge in [0.1, 0.15) is 35.7 Å². The Morgan fingerprint density at radius 2 is 1.88 bits per heavy atom. The first-order valence-electron chi connectivity index (χ1n) is 7.42.